The van der Waals surface area contributed by atoms with Crippen molar-refractivity contribution in [2.45, 2.75) is 19.0 Å². The summed E-state index contributed by atoms with van der Waals surface area (Å²) < 4.78 is 6.51. The molecular weight excluding hydrogens is 344 g/mol. The molecule has 0 atom stereocenters. The zero-order chi connectivity index (χ0) is 18.4. The number of rotatable bonds is 8. The van der Waals surface area contributed by atoms with E-state index >= 15 is 0 Å². The first-order valence-electron chi connectivity index (χ1n) is 7.86. The summed E-state index contributed by atoms with van der Waals surface area (Å²) >= 11 is 1.16. The third kappa shape index (κ3) is 4.53. The Kier molecular flexibility index (Phi) is 6.45. The number of amides is 2. The average molecular weight is 366 g/mol. The Bertz CT molecular complexity index is 711. The Hall–Kier alpha value is -2.49. The largest absolute Gasteiger partial charge is 0.461 e. The molecule has 136 valence electrons. The molecule has 2 heterocycles. The second kappa shape index (κ2) is 8.56. The van der Waals surface area contributed by atoms with Crippen LogP contribution >= 0.6 is 11.8 Å². The third-order valence-electron chi connectivity index (χ3n) is 3.65. The predicted octanol–water partition coefficient (Wildman–Crippen LogP) is 0.671. The van der Waals surface area contributed by atoms with E-state index in [1.165, 1.54) is 15.8 Å². The molecule has 0 saturated carbocycles. The SMILES string of the molecule is CCN(CC)C(=O)CN(C)C(=O)CSc1nnc(-c2ccco2)n1N. The standard InChI is InChI=1S/C15H22N6O3S/c1-4-20(5-2)12(22)9-19(3)13(23)10-25-15-18-17-14(21(15)16)11-7-6-8-24-11/h6-8H,4-5,9-10,16H2,1-3H3. The van der Waals surface area contributed by atoms with E-state index in [1.807, 2.05) is 13.8 Å². The molecule has 0 bridgehead atoms. The van der Waals surface area contributed by atoms with Crippen LogP contribution in [0.2, 0.25) is 0 Å². The number of carbonyl (C=O) groups is 2. The van der Waals surface area contributed by atoms with Crippen LogP contribution in [0.15, 0.2) is 28.0 Å². The normalized spacial score (nSPS) is 10.7. The van der Waals surface area contributed by atoms with Gasteiger partial charge in [0.25, 0.3) is 0 Å². The summed E-state index contributed by atoms with van der Waals surface area (Å²) in [5.41, 5.74) is 0. The van der Waals surface area contributed by atoms with Gasteiger partial charge in [-0.15, -0.1) is 10.2 Å². The highest BCUT2D eigenvalue weighted by Crippen LogP contribution is 2.21. The molecule has 0 aliphatic carbocycles. The van der Waals surface area contributed by atoms with E-state index < -0.39 is 0 Å². The second-order valence-corrected chi connectivity index (χ2v) is 6.20. The number of furan rings is 1. The molecule has 2 N–H and O–H groups in total. The summed E-state index contributed by atoms with van der Waals surface area (Å²) in [4.78, 5) is 27.4. The molecule has 0 spiro atoms. The van der Waals surface area contributed by atoms with E-state index in [4.69, 9.17) is 10.3 Å². The molecule has 2 aromatic heterocycles. The maximum atomic E-state index is 12.2. The molecule has 25 heavy (non-hydrogen) atoms. The summed E-state index contributed by atoms with van der Waals surface area (Å²) in [5, 5.41) is 8.32. The molecule has 2 rings (SSSR count). The van der Waals surface area contributed by atoms with Gasteiger partial charge in [0.1, 0.15) is 0 Å². The molecule has 10 heteroatoms. The van der Waals surface area contributed by atoms with Gasteiger partial charge in [-0.1, -0.05) is 11.8 Å². The lowest BCUT2D eigenvalue weighted by Crippen LogP contribution is -2.41. The van der Waals surface area contributed by atoms with E-state index in [-0.39, 0.29) is 24.1 Å². The first kappa shape index (κ1) is 18.8. The van der Waals surface area contributed by atoms with Gasteiger partial charge in [0.05, 0.1) is 18.6 Å². The minimum Gasteiger partial charge on any atom is -0.461 e. The van der Waals surface area contributed by atoms with Crippen LogP contribution in [0.5, 0.6) is 0 Å². The van der Waals surface area contributed by atoms with Crippen LogP contribution in [0.4, 0.5) is 0 Å². The maximum Gasteiger partial charge on any atom is 0.242 e. The van der Waals surface area contributed by atoms with Crippen LogP contribution < -0.4 is 5.84 Å². The Labute approximate surface area is 150 Å². The van der Waals surface area contributed by atoms with Crippen molar-refractivity contribution in [2.24, 2.45) is 0 Å². The van der Waals surface area contributed by atoms with Crippen molar-refractivity contribution in [1.29, 1.82) is 0 Å². The van der Waals surface area contributed by atoms with Crippen LogP contribution in [0, 0.1) is 0 Å². The molecule has 2 amide bonds. The summed E-state index contributed by atoms with van der Waals surface area (Å²) in [7, 11) is 1.60. The van der Waals surface area contributed by atoms with Crippen molar-refractivity contribution >= 4 is 23.6 Å². The van der Waals surface area contributed by atoms with Gasteiger partial charge in [-0.05, 0) is 26.0 Å². The van der Waals surface area contributed by atoms with Crippen LogP contribution in [-0.2, 0) is 9.59 Å². The molecule has 0 saturated heterocycles. The number of likely N-dealkylation sites (N-methyl/N-ethyl adjacent to an activating group) is 2. The number of nitrogens with zero attached hydrogens (tertiary/aromatic N) is 5. The topological polar surface area (TPSA) is 110 Å². The van der Waals surface area contributed by atoms with Crippen molar-refractivity contribution in [3.05, 3.63) is 18.4 Å². The molecule has 0 unspecified atom stereocenters. The highest BCUT2D eigenvalue weighted by atomic mass is 32.2. The van der Waals surface area contributed by atoms with E-state index in [9.17, 15) is 9.59 Å². The quantitative estimate of drug-likeness (QED) is 0.540. The summed E-state index contributed by atoms with van der Waals surface area (Å²) in [6.07, 6.45) is 1.52. The van der Waals surface area contributed by atoms with Crippen LogP contribution in [-0.4, -0.2) is 68.9 Å². The Balaban J connectivity index is 1.91. The van der Waals surface area contributed by atoms with Crippen LogP contribution in [0.1, 0.15) is 13.8 Å². The summed E-state index contributed by atoms with van der Waals surface area (Å²) in [5.74, 6) is 6.66. The second-order valence-electron chi connectivity index (χ2n) is 5.26. The molecule has 2 aromatic rings. The fourth-order valence-corrected chi connectivity index (χ4v) is 2.95. The highest BCUT2D eigenvalue weighted by Gasteiger charge is 2.19. The van der Waals surface area contributed by atoms with Gasteiger partial charge < -0.3 is 20.1 Å². The van der Waals surface area contributed by atoms with Crippen LogP contribution in [0.25, 0.3) is 11.6 Å². The Morgan fingerprint density at radius 1 is 1.28 bits per heavy atom. The van der Waals surface area contributed by atoms with Gasteiger partial charge in [0.15, 0.2) is 5.76 Å². The summed E-state index contributed by atoms with van der Waals surface area (Å²) in [6, 6.07) is 3.45. The lowest BCUT2D eigenvalue weighted by Gasteiger charge is -2.23. The predicted molar refractivity (Wildman–Crippen MR) is 94.2 cm³/mol. The highest BCUT2D eigenvalue weighted by molar-refractivity contribution is 7.99. The van der Waals surface area contributed by atoms with Crippen LogP contribution in [0.3, 0.4) is 0 Å². The first-order chi connectivity index (χ1) is 12.0. The number of carbonyl (C=O) groups excluding carboxylic acids is 2. The molecule has 0 radical (unpaired) electrons. The van der Waals surface area contributed by atoms with Crippen molar-refractivity contribution < 1.29 is 14.0 Å². The lowest BCUT2D eigenvalue weighted by atomic mass is 10.4. The number of nitrogens with two attached hydrogens (primary N) is 1. The lowest BCUT2D eigenvalue weighted by molar-refractivity contribution is -0.137. The average Bonchev–Trinajstić information content (AvgIpc) is 3.23. The minimum atomic E-state index is -0.187. The Morgan fingerprint density at radius 3 is 2.60 bits per heavy atom. The number of nitrogen functional groups attached to an aromatic ring is 1. The van der Waals surface area contributed by atoms with Crippen molar-refractivity contribution in [2.75, 3.05) is 38.3 Å². The van der Waals surface area contributed by atoms with E-state index in [2.05, 4.69) is 10.2 Å². The molecule has 0 fully saturated rings. The zero-order valence-corrected chi connectivity index (χ0v) is 15.3. The molecule has 0 aliphatic rings. The molecule has 9 nitrogen and oxygen atoms in total. The number of aromatic nitrogens is 3. The minimum absolute atomic E-state index is 0.0496. The van der Waals surface area contributed by atoms with E-state index in [0.717, 1.165) is 11.8 Å². The number of hydrogen-bond acceptors (Lipinski definition) is 7. The maximum absolute atomic E-state index is 12.2. The summed E-state index contributed by atoms with van der Waals surface area (Å²) in [6.45, 7) is 5.11. The number of thioether (sulfide) groups is 1. The van der Waals surface area contributed by atoms with Gasteiger partial charge in [-0.2, -0.15) is 0 Å². The Morgan fingerprint density at radius 2 is 2.00 bits per heavy atom. The van der Waals surface area contributed by atoms with Gasteiger partial charge in [-0.25, -0.2) is 4.68 Å². The van der Waals surface area contributed by atoms with Gasteiger partial charge in [-0.3, -0.25) is 9.59 Å². The monoisotopic (exact) mass is 366 g/mol. The van der Waals surface area contributed by atoms with Gasteiger partial charge >= 0.3 is 0 Å². The first-order valence-corrected chi connectivity index (χ1v) is 8.85. The van der Waals surface area contributed by atoms with Gasteiger partial charge in [0, 0.05) is 20.1 Å². The molecule has 0 aromatic carbocycles. The fourth-order valence-electron chi connectivity index (χ4n) is 2.15. The van der Waals surface area contributed by atoms with Gasteiger partial charge in [0.2, 0.25) is 22.8 Å². The van der Waals surface area contributed by atoms with E-state index in [0.29, 0.717) is 29.8 Å². The fraction of sp³-hybridized carbons (Fsp3) is 0.467. The van der Waals surface area contributed by atoms with E-state index in [1.54, 1.807) is 24.1 Å². The van der Waals surface area contributed by atoms with Crippen molar-refractivity contribution in [3.8, 4) is 11.6 Å². The van der Waals surface area contributed by atoms with Crippen molar-refractivity contribution in [3.63, 3.8) is 0 Å². The smallest absolute Gasteiger partial charge is 0.242 e. The third-order valence-corrected chi connectivity index (χ3v) is 4.57. The number of hydrogen-bond donors (Lipinski definition) is 1. The molecule has 0 aliphatic heterocycles. The van der Waals surface area contributed by atoms with Crippen molar-refractivity contribution in [1.82, 2.24) is 24.7 Å². The molecular formula is C15H22N6O3S. The zero-order valence-electron chi connectivity index (χ0n) is 14.5.